The smallest absolute Gasteiger partial charge is 0.228 e. The second-order valence-corrected chi connectivity index (χ2v) is 6.27. The van der Waals surface area contributed by atoms with E-state index in [-0.39, 0.29) is 5.91 Å². The second kappa shape index (κ2) is 6.29. The van der Waals surface area contributed by atoms with Gasteiger partial charge in [0.2, 0.25) is 5.91 Å². The minimum atomic E-state index is -0.0340. The fourth-order valence-corrected chi connectivity index (χ4v) is 2.70. The third-order valence-electron chi connectivity index (χ3n) is 4.00. The number of furan rings is 1. The van der Waals surface area contributed by atoms with Crippen LogP contribution in [0.3, 0.4) is 0 Å². The zero-order valence-electron chi connectivity index (χ0n) is 13.7. The number of hydrogen-bond donors (Lipinski definition) is 1. The van der Waals surface area contributed by atoms with E-state index in [1.54, 1.807) is 6.26 Å². The summed E-state index contributed by atoms with van der Waals surface area (Å²) in [5.74, 6) is 0.413. The Labute approximate surface area is 136 Å². The highest BCUT2D eigenvalue weighted by Gasteiger charge is 2.12. The molecule has 118 valence electrons. The number of benzene rings is 2. The highest BCUT2D eigenvalue weighted by molar-refractivity contribution is 5.95. The van der Waals surface area contributed by atoms with Gasteiger partial charge in [0.25, 0.3) is 0 Å². The van der Waals surface area contributed by atoms with Crippen LogP contribution in [0.5, 0.6) is 0 Å². The quantitative estimate of drug-likeness (QED) is 0.733. The summed E-state index contributed by atoms with van der Waals surface area (Å²) in [6.45, 7) is 6.32. The van der Waals surface area contributed by atoms with Crippen LogP contribution in [-0.2, 0) is 11.2 Å². The lowest BCUT2D eigenvalue weighted by Gasteiger charge is -2.07. The van der Waals surface area contributed by atoms with Gasteiger partial charge in [0.1, 0.15) is 5.58 Å². The third-order valence-corrected chi connectivity index (χ3v) is 4.00. The van der Waals surface area contributed by atoms with Gasteiger partial charge in [-0.25, -0.2) is 0 Å². The van der Waals surface area contributed by atoms with Crippen LogP contribution in [0.1, 0.15) is 36.5 Å². The second-order valence-electron chi connectivity index (χ2n) is 6.27. The lowest BCUT2D eigenvalue weighted by atomic mass is 10.00. The molecule has 2 aromatic carbocycles. The monoisotopic (exact) mass is 307 g/mol. The molecule has 3 heteroatoms. The van der Waals surface area contributed by atoms with Crippen molar-refractivity contribution in [2.75, 3.05) is 5.32 Å². The van der Waals surface area contributed by atoms with Crippen LogP contribution >= 0.6 is 0 Å². The summed E-state index contributed by atoms with van der Waals surface area (Å²) in [6.07, 6.45) is 1.99. The first-order valence-electron chi connectivity index (χ1n) is 7.89. The van der Waals surface area contributed by atoms with Gasteiger partial charge in [-0.2, -0.15) is 0 Å². The predicted molar refractivity (Wildman–Crippen MR) is 93.8 cm³/mol. The molecule has 1 aromatic heterocycles. The summed E-state index contributed by atoms with van der Waals surface area (Å²) >= 11 is 0. The summed E-state index contributed by atoms with van der Waals surface area (Å²) in [5, 5.41) is 3.97. The molecule has 0 aliphatic heterocycles. The maximum atomic E-state index is 12.3. The van der Waals surface area contributed by atoms with Gasteiger partial charge in [-0.3, -0.25) is 4.79 Å². The van der Waals surface area contributed by atoms with Crippen molar-refractivity contribution in [3.8, 4) is 0 Å². The molecule has 0 saturated heterocycles. The van der Waals surface area contributed by atoms with Crippen molar-refractivity contribution in [2.24, 2.45) is 0 Å². The number of amides is 1. The summed E-state index contributed by atoms with van der Waals surface area (Å²) < 4.78 is 5.57. The van der Waals surface area contributed by atoms with E-state index < -0.39 is 0 Å². The van der Waals surface area contributed by atoms with E-state index in [9.17, 15) is 4.79 Å². The summed E-state index contributed by atoms with van der Waals surface area (Å²) in [7, 11) is 0. The number of anilines is 1. The molecular formula is C20H21NO2. The minimum absolute atomic E-state index is 0.0340. The fraction of sp³-hybridized carbons (Fsp3) is 0.250. The molecule has 0 unspecified atom stereocenters. The molecule has 0 fully saturated rings. The van der Waals surface area contributed by atoms with Crippen LogP contribution in [0, 0.1) is 6.92 Å². The Balaban J connectivity index is 1.80. The van der Waals surface area contributed by atoms with E-state index in [1.807, 2.05) is 37.3 Å². The summed E-state index contributed by atoms with van der Waals surface area (Å²) in [5.41, 5.74) is 4.95. The lowest BCUT2D eigenvalue weighted by molar-refractivity contribution is -0.115. The van der Waals surface area contributed by atoms with Crippen LogP contribution in [0.2, 0.25) is 0 Å². The van der Waals surface area contributed by atoms with Crippen LogP contribution in [-0.4, -0.2) is 5.91 Å². The van der Waals surface area contributed by atoms with E-state index in [0.29, 0.717) is 12.3 Å². The van der Waals surface area contributed by atoms with E-state index >= 15 is 0 Å². The van der Waals surface area contributed by atoms with E-state index in [4.69, 9.17) is 4.42 Å². The molecular weight excluding hydrogens is 286 g/mol. The number of hydrogen-bond acceptors (Lipinski definition) is 2. The van der Waals surface area contributed by atoms with Gasteiger partial charge in [-0.15, -0.1) is 0 Å². The molecule has 0 radical (unpaired) electrons. The molecule has 3 nitrogen and oxygen atoms in total. The molecule has 0 atom stereocenters. The zero-order valence-corrected chi connectivity index (χ0v) is 13.7. The van der Waals surface area contributed by atoms with Crippen molar-refractivity contribution in [3.05, 3.63) is 65.4 Å². The fourth-order valence-electron chi connectivity index (χ4n) is 2.70. The van der Waals surface area contributed by atoms with Crippen molar-refractivity contribution in [1.82, 2.24) is 0 Å². The Kier molecular flexibility index (Phi) is 4.20. The first-order chi connectivity index (χ1) is 11.0. The van der Waals surface area contributed by atoms with Gasteiger partial charge in [0.15, 0.2) is 0 Å². The van der Waals surface area contributed by atoms with Gasteiger partial charge in [0.05, 0.1) is 12.7 Å². The van der Waals surface area contributed by atoms with E-state index in [1.165, 1.54) is 5.56 Å². The Hall–Kier alpha value is -2.55. The largest absolute Gasteiger partial charge is 0.464 e. The zero-order chi connectivity index (χ0) is 16.4. The van der Waals surface area contributed by atoms with E-state index in [0.717, 1.165) is 27.8 Å². The van der Waals surface area contributed by atoms with Gasteiger partial charge in [-0.1, -0.05) is 32.0 Å². The van der Waals surface area contributed by atoms with Crippen molar-refractivity contribution in [3.63, 3.8) is 0 Å². The summed E-state index contributed by atoms with van der Waals surface area (Å²) in [4.78, 5) is 12.3. The molecule has 3 aromatic rings. The average Bonchev–Trinajstić information content (AvgIpc) is 2.89. The molecule has 23 heavy (non-hydrogen) atoms. The number of aryl methyl sites for hydroxylation is 1. The number of rotatable bonds is 4. The SMILES string of the molecule is Cc1cccc(NC(=O)Cc2coc3ccc(C(C)C)cc23)c1. The normalized spacial score (nSPS) is 11.1. The Morgan fingerprint density at radius 3 is 2.74 bits per heavy atom. The maximum absolute atomic E-state index is 12.3. The van der Waals surface area contributed by atoms with Crippen LogP contribution in [0.4, 0.5) is 5.69 Å². The first-order valence-corrected chi connectivity index (χ1v) is 7.89. The first kappa shape index (κ1) is 15.3. The van der Waals surface area contributed by atoms with Crippen molar-refractivity contribution in [2.45, 2.75) is 33.1 Å². The molecule has 0 spiro atoms. The van der Waals surface area contributed by atoms with Gasteiger partial charge in [-0.05, 0) is 48.2 Å². The molecule has 3 rings (SSSR count). The number of fused-ring (bicyclic) bond motifs is 1. The van der Waals surface area contributed by atoms with Crippen molar-refractivity contribution >= 4 is 22.6 Å². The Morgan fingerprint density at radius 1 is 1.17 bits per heavy atom. The molecule has 0 aliphatic rings. The molecule has 1 heterocycles. The predicted octanol–water partition coefficient (Wildman–Crippen LogP) is 5.05. The van der Waals surface area contributed by atoms with E-state index in [2.05, 4.69) is 31.3 Å². The van der Waals surface area contributed by atoms with Crippen LogP contribution in [0.25, 0.3) is 11.0 Å². The molecule has 0 bridgehead atoms. The molecule has 0 aliphatic carbocycles. The number of carbonyl (C=O) groups excluding carboxylic acids is 1. The lowest BCUT2D eigenvalue weighted by Crippen LogP contribution is -2.14. The minimum Gasteiger partial charge on any atom is -0.464 e. The standard InChI is InChI=1S/C20H21NO2/c1-13(2)15-7-8-19-18(10-15)16(12-23-19)11-20(22)21-17-6-4-5-14(3)9-17/h4-10,12-13H,11H2,1-3H3,(H,21,22). The third kappa shape index (κ3) is 3.45. The number of nitrogens with one attached hydrogen (secondary N) is 1. The van der Waals surface area contributed by atoms with Crippen LogP contribution < -0.4 is 5.32 Å². The highest BCUT2D eigenvalue weighted by Crippen LogP contribution is 2.26. The Morgan fingerprint density at radius 2 is 2.00 bits per heavy atom. The average molecular weight is 307 g/mol. The van der Waals surface area contributed by atoms with Gasteiger partial charge in [0, 0.05) is 16.6 Å². The molecule has 1 N–H and O–H groups in total. The van der Waals surface area contributed by atoms with Crippen LogP contribution in [0.15, 0.2) is 53.1 Å². The summed E-state index contributed by atoms with van der Waals surface area (Å²) in [6, 6.07) is 14.0. The number of carbonyl (C=O) groups is 1. The van der Waals surface area contributed by atoms with Crippen molar-refractivity contribution < 1.29 is 9.21 Å². The van der Waals surface area contributed by atoms with Gasteiger partial charge < -0.3 is 9.73 Å². The topological polar surface area (TPSA) is 42.2 Å². The molecule has 0 saturated carbocycles. The highest BCUT2D eigenvalue weighted by atomic mass is 16.3. The maximum Gasteiger partial charge on any atom is 0.228 e. The Bertz CT molecular complexity index is 846. The van der Waals surface area contributed by atoms with Gasteiger partial charge >= 0.3 is 0 Å². The van der Waals surface area contributed by atoms with Crippen molar-refractivity contribution in [1.29, 1.82) is 0 Å². The molecule has 1 amide bonds.